The van der Waals surface area contributed by atoms with Crippen LogP contribution < -0.4 is 5.73 Å². The summed E-state index contributed by atoms with van der Waals surface area (Å²) in [5, 5.41) is 45.0. The fourth-order valence-electron chi connectivity index (χ4n) is 7.52. The van der Waals surface area contributed by atoms with Crippen LogP contribution in [0.1, 0.15) is 43.4 Å². The number of halogens is 1. The summed E-state index contributed by atoms with van der Waals surface area (Å²) < 4.78 is 21.8. The summed E-state index contributed by atoms with van der Waals surface area (Å²) in [5.41, 5.74) is 1.46. The molecule has 1 aromatic carbocycles. The molecule has 0 radical (unpaired) electrons. The maximum absolute atomic E-state index is 16.3. The molecule has 1 aromatic rings. The topological polar surface area (TPSA) is 174 Å². The molecule has 1 heterocycles. The van der Waals surface area contributed by atoms with Crippen LogP contribution in [0.15, 0.2) is 23.0 Å². The molecule has 3 aliphatic carbocycles. The number of carbonyl (C=O) groups is 3. The van der Waals surface area contributed by atoms with E-state index in [0.29, 0.717) is 38.1 Å². The SMILES string of the molecule is CC(C)CN(Cc1cc(O)c2c(c1F)C[C@H]1C[C@H]3[C@H](N(C)C)C(=O)C(C(N)=O)=C(O)[C@@]3(O)C(=O)C1=C2O)CC1CCOC1. The monoisotopic (exact) mass is 601 g/mol. The summed E-state index contributed by atoms with van der Waals surface area (Å²) in [4.78, 5) is 42.8. The van der Waals surface area contributed by atoms with Gasteiger partial charge < -0.3 is 30.9 Å². The molecule has 1 saturated carbocycles. The number of phenolic OH excluding ortho intramolecular Hbond substituents is 1. The molecule has 2 fully saturated rings. The van der Waals surface area contributed by atoms with Crippen molar-refractivity contribution < 1.29 is 43.9 Å². The predicted octanol–water partition coefficient (Wildman–Crippen LogP) is 1.60. The van der Waals surface area contributed by atoms with Gasteiger partial charge in [-0.15, -0.1) is 0 Å². The molecule has 6 N–H and O–H groups in total. The average Bonchev–Trinajstić information content (AvgIpc) is 3.41. The van der Waals surface area contributed by atoms with Gasteiger partial charge in [0.15, 0.2) is 11.4 Å². The Labute approximate surface area is 249 Å². The minimum atomic E-state index is -2.74. The molecule has 0 bridgehead atoms. The molecule has 1 amide bonds. The third-order valence-corrected chi connectivity index (χ3v) is 9.29. The summed E-state index contributed by atoms with van der Waals surface area (Å²) in [7, 11) is 3.05. The number of aliphatic hydroxyl groups excluding tert-OH is 2. The minimum absolute atomic E-state index is 0.0364. The third kappa shape index (κ3) is 5.03. The van der Waals surface area contributed by atoms with Crippen LogP contribution in [0.2, 0.25) is 0 Å². The number of hydrogen-bond donors (Lipinski definition) is 5. The van der Waals surface area contributed by atoms with Gasteiger partial charge in [0, 0.05) is 48.9 Å². The fraction of sp³-hybridized carbons (Fsp3) is 0.581. The van der Waals surface area contributed by atoms with Crippen LogP contribution in [-0.2, 0) is 32.1 Å². The van der Waals surface area contributed by atoms with E-state index in [2.05, 4.69) is 18.7 Å². The van der Waals surface area contributed by atoms with Gasteiger partial charge in [-0.3, -0.25) is 24.2 Å². The number of ether oxygens (including phenoxy) is 1. The van der Waals surface area contributed by atoms with Crippen LogP contribution in [0.5, 0.6) is 5.75 Å². The fourth-order valence-corrected chi connectivity index (χ4v) is 7.52. The number of phenols is 1. The number of rotatable bonds is 8. The summed E-state index contributed by atoms with van der Waals surface area (Å²) in [5.74, 6) is -7.60. The molecular formula is C31H40FN3O8. The predicted molar refractivity (Wildman–Crippen MR) is 153 cm³/mol. The number of likely N-dealkylation sites (N-methyl/N-ethyl adjacent to an activating group) is 1. The largest absolute Gasteiger partial charge is 0.508 e. The van der Waals surface area contributed by atoms with Gasteiger partial charge in [0.2, 0.25) is 5.78 Å². The van der Waals surface area contributed by atoms with E-state index < -0.39 is 69.6 Å². The van der Waals surface area contributed by atoms with E-state index in [0.717, 1.165) is 6.42 Å². The lowest BCUT2D eigenvalue weighted by Crippen LogP contribution is -2.65. The van der Waals surface area contributed by atoms with Crippen molar-refractivity contribution in [2.24, 2.45) is 29.4 Å². The molecule has 5 rings (SSSR count). The first-order chi connectivity index (χ1) is 20.2. The van der Waals surface area contributed by atoms with E-state index in [1.807, 2.05) is 0 Å². The quantitative estimate of drug-likeness (QED) is 0.275. The van der Waals surface area contributed by atoms with Gasteiger partial charge >= 0.3 is 0 Å². The summed E-state index contributed by atoms with van der Waals surface area (Å²) in [6.45, 7) is 7.09. The molecule has 4 aliphatic rings. The summed E-state index contributed by atoms with van der Waals surface area (Å²) in [6, 6.07) is 0.0459. The number of carbonyl (C=O) groups excluding carboxylic acids is 3. The van der Waals surface area contributed by atoms with Crippen molar-refractivity contribution in [3.63, 3.8) is 0 Å². The molecule has 43 heavy (non-hydrogen) atoms. The van der Waals surface area contributed by atoms with E-state index in [1.165, 1.54) is 25.1 Å². The van der Waals surface area contributed by atoms with Crippen molar-refractivity contribution in [2.75, 3.05) is 40.4 Å². The zero-order valence-electron chi connectivity index (χ0n) is 24.9. The van der Waals surface area contributed by atoms with Gasteiger partial charge in [-0.25, -0.2) is 4.39 Å². The molecule has 1 aliphatic heterocycles. The number of primary amides is 1. The zero-order valence-corrected chi connectivity index (χ0v) is 24.9. The van der Waals surface area contributed by atoms with Crippen molar-refractivity contribution in [3.8, 4) is 5.75 Å². The maximum Gasteiger partial charge on any atom is 0.255 e. The van der Waals surface area contributed by atoms with Crippen LogP contribution in [0.4, 0.5) is 4.39 Å². The van der Waals surface area contributed by atoms with Crippen molar-refractivity contribution in [2.45, 2.75) is 51.3 Å². The molecule has 5 atom stereocenters. The first-order valence-corrected chi connectivity index (χ1v) is 14.7. The zero-order chi connectivity index (χ0) is 31.5. The number of nitrogens with zero attached hydrogens (tertiary/aromatic N) is 2. The van der Waals surface area contributed by atoms with E-state index in [-0.39, 0.29) is 41.6 Å². The van der Waals surface area contributed by atoms with E-state index >= 15 is 4.39 Å². The Morgan fingerprint density at radius 2 is 1.93 bits per heavy atom. The third-order valence-electron chi connectivity index (χ3n) is 9.29. The van der Waals surface area contributed by atoms with Crippen LogP contribution in [0.3, 0.4) is 0 Å². The van der Waals surface area contributed by atoms with Crippen LogP contribution in [0, 0.1) is 29.5 Å². The highest BCUT2D eigenvalue weighted by molar-refractivity contribution is 6.24. The van der Waals surface area contributed by atoms with Gasteiger partial charge in [-0.05, 0) is 57.2 Å². The minimum Gasteiger partial charge on any atom is -0.508 e. The number of fused-ring (bicyclic) bond motifs is 3. The van der Waals surface area contributed by atoms with Crippen LogP contribution >= 0.6 is 0 Å². The van der Waals surface area contributed by atoms with Gasteiger partial charge in [0.1, 0.15) is 28.7 Å². The van der Waals surface area contributed by atoms with Crippen LogP contribution in [-0.4, -0.2) is 99.7 Å². The van der Waals surface area contributed by atoms with Gasteiger partial charge in [0.05, 0.1) is 18.2 Å². The molecule has 234 valence electrons. The summed E-state index contributed by atoms with van der Waals surface area (Å²) >= 11 is 0. The number of ketones is 2. The van der Waals surface area contributed by atoms with E-state index in [4.69, 9.17) is 10.5 Å². The Morgan fingerprint density at radius 1 is 1.23 bits per heavy atom. The molecule has 11 nitrogen and oxygen atoms in total. The van der Waals surface area contributed by atoms with Crippen LogP contribution in [0.25, 0.3) is 5.76 Å². The Kier molecular flexibility index (Phi) is 8.18. The molecule has 0 spiro atoms. The van der Waals surface area contributed by atoms with Crippen molar-refractivity contribution in [1.29, 1.82) is 0 Å². The van der Waals surface area contributed by atoms with Gasteiger partial charge in [-0.2, -0.15) is 0 Å². The van der Waals surface area contributed by atoms with E-state index in [9.17, 15) is 34.8 Å². The molecular weight excluding hydrogens is 561 g/mol. The standard InChI is InChI=1S/C31H40FN3O8/c1-14(2)10-35(11-15-5-6-43-13-15)12-17-9-20(36)22-18(24(17)32)7-16-8-19-25(34(3)4)27(38)23(30(33)41)29(40)31(19,42)28(39)21(16)26(22)37/h9,14-16,19,25,36-37,40,42H,5-8,10-13H2,1-4H3,(H2,33,41)/t15?,16-,19-,25-,31-/m0/s1. The Bertz CT molecular complexity index is 1430. The Balaban J connectivity index is 1.58. The second-order valence-electron chi connectivity index (χ2n) is 13.0. The van der Waals surface area contributed by atoms with Crippen molar-refractivity contribution >= 4 is 23.2 Å². The second kappa shape index (κ2) is 11.3. The number of Topliss-reactive ketones (excluding diaryl/α,β-unsaturated/α-hetero) is 2. The van der Waals surface area contributed by atoms with Gasteiger partial charge in [0.25, 0.3) is 5.91 Å². The second-order valence-corrected chi connectivity index (χ2v) is 13.0. The molecule has 1 unspecified atom stereocenters. The average molecular weight is 602 g/mol. The molecule has 0 aromatic heterocycles. The smallest absolute Gasteiger partial charge is 0.255 e. The summed E-state index contributed by atoms with van der Waals surface area (Å²) in [6.07, 6.45) is 0.721. The highest BCUT2D eigenvalue weighted by Crippen LogP contribution is 2.53. The Hall–Kier alpha value is -3.32. The van der Waals surface area contributed by atoms with Crippen molar-refractivity contribution in [3.05, 3.63) is 45.5 Å². The van der Waals surface area contributed by atoms with Gasteiger partial charge in [-0.1, -0.05) is 13.8 Å². The van der Waals surface area contributed by atoms with E-state index in [1.54, 1.807) is 0 Å². The lowest BCUT2D eigenvalue weighted by Gasteiger charge is -2.50. The lowest BCUT2D eigenvalue weighted by atomic mass is 9.57. The normalized spacial score (nSPS) is 29.0. The lowest BCUT2D eigenvalue weighted by molar-refractivity contribution is -0.153. The molecule has 12 heteroatoms. The number of hydrogen-bond acceptors (Lipinski definition) is 10. The number of aromatic hydroxyl groups is 1. The maximum atomic E-state index is 16.3. The number of amides is 1. The van der Waals surface area contributed by atoms with Crippen molar-refractivity contribution in [1.82, 2.24) is 9.80 Å². The molecule has 1 saturated heterocycles. The first kappa shape index (κ1) is 31.1. The number of nitrogens with two attached hydrogens (primary N) is 1. The highest BCUT2D eigenvalue weighted by Gasteiger charge is 2.64. The number of aliphatic hydroxyl groups is 3. The Morgan fingerprint density at radius 3 is 2.51 bits per heavy atom. The number of benzene rings is 1. The first-order valence-electron chi connectivity index (χ1n) is 14.7. The highest BCUT2D eigenvalue weighted by atomic mass is 19.1.